The van der Waals surface area contributed by atoms with Crippen molar-refractivity contribution in [2.75, 3.05) is 6.54 Å². The molecule has 1 aliphatic carbocycles. The molecule has 1 aliphatic rings. The summed E-state index contributed by atoms with van der Waals surface area (Å²) < 4.78 is 0. The van der Waals surface area contributed by atoms with Crippen molar-refractivity contribution in [3.05, 3.63) is 71.3 Å². The predicted octanol–water partition coefficient (Wildman–Crippen LogP) is 2.15. The van der Waals surface area contributed by atoms with Crippen LogP contribution in [0.3, 0.4) is 0 Å². The Hall–Kier alpha value is -2.13. The lowest BCUT2D eigenvalue weighted by Crippen LogP contribution is -2.47. The predicted molar refractivity (Wildman–Crippen MR) is 83.8 cm³/mol. The number of hydrogen-bond acceptors (Lipinski definition) is 2. The molecular weight excluding hydrogens is 260 g/mol. The average molecular weight is 280 g/mol. The van der Waals surface area contributed by atoms with Crippen LogP contribution >= 0.6 is 0 Å². The normalized spacial score (nSPS) is 15.5. The maximum absolute atomic E-state index is 12.1. The van der Waals surface area contributed by atoms with E-state index in [1.807, 2.05) is 18.2 Å². The van der Waals surface area contributed by atoms with Crippen molar-refractivity contribution in [3.8, 4) is 0 Å². The van der Waals surface area contributed by atoms with Gasteiger partial charge in [0.15, 0.2) is 0 Å². The second-order valence-electron chi connectivity index (χ2n) is 5.66. The molecule has 0 fully saturated rings. The molecule has 1 amide bonds. The summed E-state index contributed by atoms with van der Waals surface area (Å²) >= 11 is 0. The minimum Gasteiger partial charge on any atom is -0.346 e. The van der Waals surface area contributed by atoms with E-state index in [1.54, 1.807) is 0 Å². The van der Waals surface area contributed by atoms with E-state index < -0.39 is 0 Å². The molecule has 0 bridgehead atoms. The van der Waals surface area contributed by atoms with E-state index in [-0.39, 0.29) is 11.4 Å². The van der Waals surface area contributed by atoms with Gasteiger partial charge in [-0.25, -0.2) is 0 Å². The van der Waals surface area contributed by atoms with Crippen LogP contribution < -0.4 is 11.1 Å². The number of benzene rings is 2. The Bertz CT molecular complexity index is 612. The Labute approximate surface area is 125 Å². The molecule has 3 nitrogen and oxygen atoms in total. The lowest BCUT2D eigenvalue weighted by molar-refractivity contribution is -0.122. The fraction of sp³-hybridized carbons (Fsp3) is 0.278. The molecule has 0 saturated heterocycles. The molecule has 0 radical (unpaired) electrons. The minimum atomic E-state index is -0.336. The second kappa shape index (κ2) is 5.70. The van der Waals surface area contributed by atoms with Crippen LogP contribution in [0.4, 0.5) is 0 Å². The first-order valence-corrected chi connectivity index (χ1v) is 7.37. The molecule has 21 heavy (non-hydrogen) atoms. The van der Waals surface area contributed by atoms with Gasteiger partial charge < -0.3 is 11.1 Å². The molecule has 0 unspecified atom stereocenters. The Kier molecular flexibility index (Phi) is 3.76. The number of nitrogens with two attached hydrogens (primary N) is 1. The summed E-state index contributed by atoms with van der Waals surface area (Å²) in [5, 5.41) is 3.24. The van der Waals surface area contributed by atoms with Crippen molar-refractivity contribution >= 4 is 5.91 Å². The first kappa shape index (κ1) is 13.8. The number of hydrogen-bond donors (Lipinski definition) is 2. The minimum absolute atomic E-state index is 0.0224. The molecular formula is C18H20N2O. The number of carbonyl (C=O) groups excluding carboxylic acids is 1. The molecule has 108 valence electrons. The molecule has 0 atom stereocenters. The lowest BCUT2D eigenvalue weighted by atomic mass is 9.86. The van der Waals surface area contributed by atoms with E-state index in [0.717, 1.165) is 18.4 Å². The third-order valence-corrected chi connectivity index (χ3v) is 4.18. The standard InChI is InChI=1S/C18H20N2O/c19-11-10-17(21)20-18(16-8-2-1-3-9-16)12-14-6-4-5-7-15(14)13-18/h1-9H,10-13,19H2,(H,20,21). The Morgan fingerprint density at radius 2 is 1.57 bits per heavy atom. The van der Waals surface area contributed by atoms with E-state index in [4.69, 9.17) is 5.73 Å². The third-order valence-electron chi connectivity index (χ3n) is 4.18. The van der Waals surface area contributed by atoms with Crippen molar-refractivity contribution in [2.24, 2.45) is 5.73 Å². The van der Waals surface area contributed by atoms with Gasteiger partial charge in [0.05, 0.1) is 5.54 Å². The van der Waals surface area contributed by atoms with Crippen LogP contribution in [0.15, 0.2) is 54.6 Å². The topological polar surface area (TPSA) is 55.1 Å². The first-order valence-electron chi connectivity index (χ1n) is 7.37. The van der Waals surface area contributed by atoms with Crippen LogP contribution in [0.1, 0.15) is 23.1 Å². The molecule has 3 rings (SSSR count). The van der Waals surface area contributed by atoms with Crippen LogP contribution in [0.25, 0.3) is 0 Å². The Balaban J connectivity index is 1.96. The zero-order valence-corrected chi connectivity index (χ0v) is 12.0. The van der Waals surface area contributed by atoms with Gasteiger partial charge in [0.25, 0.3) is 0 Å². The zero-order valence-electron chi connectivity index (χ0n) is 12.0. The summed E-state index contributed by atoms with van der Waals surface area (Å²) in [4.78, 5) is 12.1. The highest BCUT2D eigenvalue weighted by Gasteiger charge is 2.39. The van der Waals surface area contributed by atoms with Crippen LogP contribution in [-0.2, 0) is 23.2 Å². The van der Waals surface area contributed by atoms with Crippen molar-refractivity contribution in [2.45, 2.75) is 24.8 Å². The monoisotopic (exact) mass is 280 g/mol. The number of nitrogens with one attached hydrogen (secondary N) is 1. The molecule has 0 aromatic heterocycles. The number of amides is 1. The van der Waals surface area contributed by atoms with Crippen LogP contribution in [0.5, 0.6) is 0 Å². The number of carbonyl (C=O) groups is 1. The van der Waals surface area contributed by atoms with Crippen molar-refractivity contribution in [1.82, 2.24) is 5.32 Å². The molecule has 0 spiro atoms. The number of fused-ring (bicyclic) bond motifs is 1. The van der Waals surface area contributed by atoms with Crippen molar-refractivity contribution in [1.29, 1.82) is 0 Å². The van der Waals surface area contributed by atoms with Gasteiger partial charge in [-0.05, 0) is 16.7 Å². The van der Waals surface area contributed by atoms with E-state index in [9.17, 15) is 4.79 Å². The molecule has 0 saturated carbocycles. The van der Waals surface area contributed by atoms with E-state index in [0.29, 0.717) is 13.0 Å². The first-order chi connectivity index (χ1) is 10.2. The second-order valence-corrected chi connectivity index (χ2v) is 5.66. The van der Waals surface area contributed by atoms with Gasteiger partial charge in [-0.2, -0.15) is 0 Å². The molecule has 3 N–H and O–H groups in total. The van der Waals surface area contributed by atoms with Crippen LogP contribution in [0, 0.1) is 0 Å². The lowest BCUT2D eigenvalue weighted by Gasteiger charge is -2.31. The van der Waals surface area contributed by atoms with Gasteiger partial charge in [0, 0.05) is 25.8 Å². The van der Waals surface area contributed by atoms with E-state index in [1.165, 1.54) is 11.1 Å². The Morgan fingerprint density at radius 3 is 2.14 bits per heavy atom. The largest absolute Gasteiger partial charge is 0.346 e. The van der Waals surface area contributed by atoms with Crippen LogP contribution in [0.2, 0.25) is 0 Å². The Morgan fingerprint density at radius 1 is 1.00 bits per heavy atom. The highest BCUT2D eigenvalue weighted by molar-refractivity contribution is 5.77. The van der Waals surface area contributed by atoms with Gasteiger partial charge in [-0.3, -0.25) is 4.79 Å². The quantitative estimate of drug-likeness (QED) is 0.901. The fourth-order valence-electron chi connectivity index (χ4n) is 3.20. The average Bonchev–Trinajstić information content (AvgIpc) is 2.87. The molecule has 0 aliphatic heterocycles. The molecule has 2 aromatic rings. The van der Waals surface area contributed by atoms with Gasteiger partial charge in [0.1, 0.15) is 0 Å². The van der Waals surface area contributed by atoms with Gasteiger partial charge in [-0.15, -0.1) is 0 Å². The summed E-state index contributed by atoms with van der Waals surface area (Å²) in [5.41, 5.74) is 8.96. The highest BCUT2D eigenvalue weighted by atomic mass is 16.1. The maximum Gasteiger partial charge on any atom is 0.221 e. The summed E-state index contributed by atoms with van der Waals surface area (Å²) in [6, 6.07) is 18.6. The van der Waals surface area contributed by atoms with E-state index >= 15 is 0 Å². The summed E-state index contributed by atoms with van der Waals surface area (Å²) in [7, 11) is 0. The molecule has 2 aromatic carbocycles. The number of rotatable bonds is 4. The van der Waals surface area contributed by atoms with Crippen molar-refractivity contribution < 1.29 is 4.79 Å². The maximum atomic E-state index is 12.1. The van der Waals surface area contributed by atoms with Gasteiger partial charge in [0.2, 0.25) is 5.91 Å². The van der Waals surface area contributed by atoms with E-state index in [2.05, 4.69) is 41.7 Å². The SMILES string of the molecule is NCCC(=O)NC1(c2ccccc2)Cc2ccccc2C1. The fourth-order valence-corrected chi connectivity index (χ4v) is 3.20. The molecule has 0 heterocycles. The molecule has 3 heteroatoms. The van der Waals surface area contributed by atoms with Crippen molar-refractivity contribution in [3.63, 3.8) is 0 Å². The smallest absolute Gasteiger partial charge is 0.221 e. The summed E-state index contributed by atoms with van der Waals surface area (Å²) in [5.74, 6) is 0.0224. The third kappa shape index (κ3) is 2.69. The summed E-state index contributed by atoms with van der Waals surface area (Å²) in [6.07, 6.45) is 2.04. The van der Waals surface area contributed by atoms with Gasteiger partial charge in [-0.1, -0.05) is 54.6 Å². The van der Waals surface area contributed by atoms with Crippen LogP contribution in [-0.4, -0.2) is 12.5 Å². The summed E-state index contributed by atoms with van der Waals surface area (Å²) in [6.45, 7) is 0.379. The zero-order chi connectivity index (χ0) is 14.7. The van der Waals surface area contributed by atoms with Gasteiger partial charge >= 0.3 is 0 Å². The highest BCUT2D eigenvalue weighted by Crippen LogP contribution is 2.37.